The van der Waals surface area contributed by atoms with Crippen molar-refractivity contribution >= 4 is 27.5 Å². The van der Waals surface area contributed by atoms with Crippen molar-refractivity contribution < 1.29 is 23.0 Å². The maximum absolute atomic E-state index is 12.5. The lowest BCUT2D eigenvalue weighted by molar-refractivity contribution is -0.117. The number of nitrogens with zero attached hydrogens (tertiary/aromatic N) is 1. The quantitative estimate of drug-likeness (QED) is 0.686. The summed E-state index contributed by atoms with van der Waals surface area (Å²) in [5.41, 5.74) is 1.17. The Balaban J connectivity index is 1.98. The van der Waals surface area contributed by atoms with E-state index in [2.05, 4.69) is 26.0 Å². The summed E-state index contributed by atoms with van der Waals surface area (Å²) in [4.78, 5) is 13.9. The van der Waals surface area contributed by atoms with E-state index in [-0.39, 0.29) is 24.7 Å². The van der Waals surface area contributed by atoms with Crippen molar-refractivity contribution in [3.8, 4) is 11.5 Å². The fraction of sp³-hybridized carbons (Fsp3) is 0.278. The second-order valence-electron chi connectivity index (χ2n) is 5.58. The summed E-state index contributed by atoms with van der Waals surface area (Å²) in [7, 11) is 3.27. The molecule has 0 aliphatic heterocycles. The number of benzene rings is 2. The number of carbonyl (C=O) groups excluding carboxylic acids is 1. The summed E-state index contributed by atoms with van der Waals surface area (Å²) >= 11 is 3.31. The number of rotatable bonds is 8. The molecule has 0 bridgehead atoms. The first-order valence-electron chi connectivity index (χ1n) is 7.73. The van der Waals surface area contributed by atoms with Crippen LogP contribution in [0.4, 0.5) is 14.5 Å². The highest BCUT2D eigenvalue weighted by atomic mass is 79.9. The van der Waals surface area contributed by atoms with Crippen LogP contribution in [0, 0.1) is 0 Å². The number of anilines is 1. The number of ether oxygens (including phenoxy) is 2. The molecule has 8 heteroatoms. The monoisotopic (exact) mass is 428 g/mol. The van der Waals surface area contributed by atoms with Crippen LogP contribution in [-0.4, -0.2) is 38.1 Å². The van der Waals surface area contributed by atoms with E-state index in [0.29, 0.717) is 17.0 Å². The highest BCUT2D eigenvalue weighted by molar-refractivity contribution is 9.10. The number of likely N-dealkylation sites (N-methyl/N-ethyl adjacent to an activating group) is 1. The topological polar surface area (TPSA) is 50.8 Å². The van der Waals surface area contributed by atoms with Crippen molar-refractivity contribution in [3.63, 3.8) is 0 Å². The lowest BCUT2D eigenvalue weighted by Gasteiger charge is -2.19. The molecule has 1 amide bonds. The van der Waals surface area contributed by atoms with Gasteiger partial charge in [-0.3, -0.25) is 9.69 Å². The van der Waals surface area contributed by atoms with Gasteiger partial charge in [-0.1, -0.05) is 22.0 Å². The first-order valence-corrected chi connectivity index (χ1v) is 8.52. The SMILES string of the molecule is COc1cccc(NC(=O)CN(C)Cc2cc(Br)ccc2OC(F)F)c1. The van der Waals surface area contributed by atoms with Gasteiger partial charge >= 0.3 is 6.61 Å². The van der Waals surface area contributed by atoms with Crippen LogP contribution in [-0.2, 0) is 11.3 Å². The van der Waals surface area contributed by atoms with Gasteiger partial charge in [-0.2, -0.15) is 8.78 Å². The zero-order valence-electron chi connectivity index (χ0n) is 14.3. The average molecular weight is 429 g/mol. The first kappa shape index (κ1) is 20.1. The van der Waals surface area contributed by atoms with Crippen molar-refractivity contribution in [1.82, 2.24) is 4.90 Å². The minimum absolute atomic E-state index is 0.0812. The van der Waals surface area contributed by atoms with E-state index in [1.807, 2.05) is 0 Å². The maximum atomic E-state index is 12.5. The van der Waals surface area contributed by atoms with Gasteiger partial charge in [0.25, 0.3) is 0 Å². The molecule has 0 heterocycles. The van der Waals surface area contributed by atoms with Crippen molar-refractivity contribution in [2.24, 2.45) is 0 Å². The van der Waals surface area contributed by atoms with E-state index >= 15 is 0 Å². The molecule has 0 saturated carbocycles. The Morgan fingerprint density at radius 3 is 2.73 bits per heavy atom. The second kappa shape index (κ2) is 9.49. The van der Waals surface area contributed by atoms with E-state index < -0.39 is 6.61 Å². The number of alkyl halides is 2. The van der Waals surface area contributed by atoms with Crippen LogP contribution in [0.1, 0.15) is 5.56 Å². The Hall–Kier alpha value is -2.19. The molecule has 0 spiro atoms. The van der Waals surface area contributed by atoms with Crippen molar-refractivity contribution in [2.45, 2.75) is 13.2 Å². The summed E-state index contributed by atoms with van der Waals surface area (Å²) in [6.07, 6.45) is 0. The molecule has 2 aromatic rings. The number of methoxy groups -OCH3 is 1. The molecule has 0 unspecified atom stereocenters. The number of halogens is 3. The summed E-state index contributed by atoms with van der Waals surface area (Å²) in [5.74, 6) is 0.495. The van der Waals surface area contributed by atoms with E-state index in [9.17, 15) is 13.6 Å². The van der Waals surface area contributed by atoms with Gasteiger partial charge in [-0.05, 0) is 37.4 Å². The van der Waals surface area contributed by atoms with E-state index in [0.717, 1.165) is 4.47 Å². The lowest BCUT2D eigenvalue weighted by Crippen LogP contribution is -2.30. The minimum Gasteiger partial charge on any atom is -0.497 e. The molecule has 26 heavy (non-hydrogen) atoms. The van der Waals surface area contributed by atoms with Crippen LogP contribution < -0.4 is 14.8 Å². The summed E-state index contributed by atoms with van der Waals surface area (Å²) in [6, 6.07) is 11.8. The van der Waals surface area contributed by atoms with Gasteiger partial charge in [-0.25, -0.2) is 0 Å². The van der Waals surface area contributed by atoms with Crippen LogP contribution in [0.3, 0.4) is 0 Å². The standard InChI is InChI=1S/C18H19BrF2N2O3/c1-23(10-12-8-13(19)6-7-16(12)26-18(20)21)11-17(24)22-14-4-3-5-15(9-14)25-2/h3-9,18H,10-11H2,1-2H3,(H,22,24). The van der Waals surface area contributed by atoms with Crippen LogP contribution in [0.5, 0.6) is 11.5 Å². The van der Waals surface area contributed by atoms with E-state index in [1.54, 1.807) is 55.5 Å². The Labute approximate surface area is 159 Å². The number of nitrogens with one attached hydrogen (secondary N) is 1. The highest BCUT2D eigenvalue weighted by Crippen LogP contribution is 2.26. The van der Waals surface area contributed by atoms with E-state index in [1.165, 1.54) is 6.07 Å². The third kappa shape index (κ3) is 6.27. The molecule has 2 aromatic carbocycles. The second-order valence-corrected chi connectivity index (χ2v) is 6.50. The summed E-state index contributed by atoms with van der Waals surface area (Å²) in [6.45, 7) is -2.55. The summed E-state index contributed by atoms with van der Waals surface area (Å²) in [5, 5.41) is 2.77. The predicted molar refractivity (Wildman–Crippen MR) is 98.7 cm³/mol. The molecule has 0 saturated heterocycles. The molecule has 0 aliphatic carbocycles. The number of amides is 1. The Morgan fingerprint density at radius 1 is 1.27 bits per heavy atom. The molecule has 5 nitrogen and oxygen atoms in total. The number of hydrogen-bond donors (Lipinski definition) is 1. The average Bonchev–Trinajstić information content (AvgIpc) is 2.57. The molecule has 1 N–H and O–H groups in total. The molecule has 2 rings (SSSR count). The fourth-order valence-corrected chi connectivity index (χ4v) is 2.78. The molecule has 140 valence electrons. The molecule has 0 aromatic heterocycles. The predicted octanol–water partition coefficient (Wildman–Crippen LogP) is 4.13. The Bertz CT molecular complexity index is 759. The van der Waals surface area contributed by atoms with Crippen LogP contribution in [0.15, 0.2) is 46.9 Å². The van der Waals surface area contributed by atoms with Crippen molar-refractivity contribution in [1.29, 1.82) is 0 Å². The lowest BCUT2D eigenvalue weighted by atomic mass is 10.2. The molecular formula is C18H19BrF2N2O3. The molecule has 0 aliphatic rings. The van der Waals surface area contributed by atoms with Crippen molar-refractivity contribution in [2.75, 3.05) is 26.0 Å². The molecule has 0 radical (unpaired) electrons. The number of carbonyl (C=O) groups is 1. The highest BCUT2D eigenvalue weighted by Gasteiger charge is 2.14. The van der Waals surface area contributed by atoms with Gasteiger partial charge in [0.05, 0.1) is 13.7 Å². The smallest absolute Gasteiger partial charge is 0.387 e. The largest absolute Gasteiger partial charge is 0.497 e. The third-order valence-electron chi connectivity index (χ3n) is 3.45. The van der Waals surface area contributed by atoms with Gasteiger partial charge in [0, 0.05) is 28.3 Å². The van der Waals surface area contributed by atoms with Gasteiger partial charge in [0.2, 0.25) is 5.91 Å². The van der Waals surface area contributed by atoms with E-state index in [4.69, 9.17) is 4.74 Å². The minimum atomic E-state index is -2.91. The molecular weight excluding hydrogens is 410 g/mol. The Kier molecular flexibility index (Phi) is 7.35. The normalized spacial score (nSPS) is 10.9. The first-order chi connectivity index (χ1) is 12.4. The van der Waals surface area contributed by atoms with Gasteiger partial charge in [0.1, 0.15) is 11.5 Å². The van der Waals surface area contributed by atoms with Crippen LogP contribution >= 0.6 is 15.9 Å². The number of hydrogen-bond acceptors (Lipinski definition) is 4. The van der Waals surface area contributed by atoms with Gasteiger partial charge in [-0.15, -0.1) is 0 Å². The van der Waals surface area contributed by atoms with Crippen molar-refractivity contribution in [3.05, 3.63) is 52.5 Å². The summed E-state index contributed by atoms with van der Waals surface area (Å²) < 4.78 is 35.4. The fourth-order valence-electron chi connectivity index (χ4n) is 2.38. The third-order valence-corrected chi connectivity index (χ3v) is 3.94. The zero-order valence-corrected chi connectivity index (χ0v) is 15.9. The van der Waals surface area contributed by atoms with Crippen LogP contribution in [0.2, 0.25) is 0 Å². The van der Waals surface area contributed by atoms with Gasteiger partial charge in [0.15, 0.2) is 0 Å². The van der Waals surface area contributed by atoms with Gasteiger partial charge < -0.3 is 14.8 Å². The maximum Gasteiger partial charge on any atom is 0.387 e. The molecule has 0 atom stereocenters. The van der Waals surface area contributed by atoms with Crippen LogP contribution in [0.25, 0.3) is 0 Å². The Morgan fingerprint density at radius 2 is 2.04 bits per heavy atom. The molecule has 0 fully saturated rings. The zero-order chi connectivity index (χ0) is 19.1.